The number of nitrogens with zero attached hydrogens (tertiary/aromatic N) is 1. The van der Waals surface area contributed by atoms with Crippen LogP contribution in [0, 0.1) is 0 Å². The molecule has 0 aliphatic rings. The zero-order valence-electron chi connectivity index (χ0n) is 8.26. The number of rotatable bonds is 2. The molecule has 3 heteroatoms. The third-order valence-electron chi connectivity index (χ3n) is 2.25. The van der Waals surface area contributed by atoms with Crippen molar-refractivity contribution in [2.75, 3.05) is 0 Å². The van der Waals surface area contributed by atoms with Crippen LogP contribution in [0.1, 0.15) is 15.9 Å². The third kappa shape index (κ3) is 1.97. The fraction of sp³-hybridized carbons (Fsp3) is 0.0833. The SMILES string of the molecule is NCc1ccn(C(=O)c2ccccc2)c1. The summed E-state index contributed by atoms with van der Waals surface area (Å²) in [6.45, 7) is 0.453. The smallest absolute Gasteiger partial charge is 0.261 e. The summed E-state index contributed by atoms with van der Waals surface area (Å²) in [6, 6.07) is 11.0. The largest absolute Gasteiger partial charge is 0.326 e. The molecule has 76 valence electrons. The average molecular weight is 200 g/mol. The second kappa shape index (κ2) is 4.11. The molecule has 0 atom stereocenters. The van der Waals surface area contributed by atoms with E-state index in [2.05, 4.69) is 0 Å². The second-order valence-corrected chi connectivity index (χ2v) is 3.30. The third-order valence-corrected chi connectivity index (χ3v) is 2.25. The highest BCUT2D eigenvalue weighted by Crippen LogP contribution is 2.05. The van der Waals surface area contributed by atoms with E-state index in [9.17, 15) is 4.79 Å². The van der Waals surface area contributed by atoms with Gasteiger partial charge in [0, 0.05) is 24.5 Å². The van der Waals surface area contributed by atoms with Crippen molar-refractivity contribution in [1.82, 2.24) is 4.57 Å². The van der Waals surface area contributed by atoms with Crippen LogP contribution in [-0.4, -0.2) is 10.5 Å². The van der Waals surface area contributed by atoms with Crippen molar-refractivity contribution in [2.24, 2.45) is 5.73 Å². The standard InChI is InChI=1S/C12H12N2O/c13-8-10-6-7-14(9-10)12(15)11-4-2-1-3-5-11/h1-7,9H,8,13H2. The molecule has 2 rings (SSSR count). The van der Waals surface area contributed by atoms with E-state index in [-0.39, 0.29) is 5.91 Å². The van der Waals surface area contributed by atoms with Gasteiger partial charge in [-0.15, -0.1) is 0 Å². The Balaban J connectivity index is 2.29. The number of benzene rings is 1. The summed E-state index contributed by atoms with van der Waals surface area (Å²) in [4.78, 5) is 11.9. The Bertz CT molecular complexity index is 459. The number of nitrogens with two attached hydrogens (primary N) is 1. The first-order valence-electron chi connectivity index (χ1n) is 4.78. The van der Waals surface area contributed by atoms with Crippen LogP contribution in [-0.2, 0) is 6.54 Å². The molecule has 0 amide bonds. The molecule has 2 aromatic rings. The van der Waals surface area contributed by atoms with Gasteiger partial charge in [-0.1, -0.05) is 18.2 Å². The topological polar surface area (TPSA) is 48.0 Å². The average Bonchev–Trinajstić information content (AvgIpc) is 2.78. The predicted octanol–water partition coefficient (Wildman–Crippen LogP) is 1.64. The minimum Gasteiger partial charge on any atom is -0.326 e. The van der Waals surface area contributed by atoms with Gasteiger partial charge in [-0.25, -0.2) is 0 Å². The molecule has 0 bridgehead atoms. The second-order valence-electron chi connectivity index (χ2n) is 3.30. The monoisotopic (exact) mass is 200 g/mol. The van der Waals surface area contributed by atoms with Gasteiger partial charge in [-0.2, -0.15) is 0 Å². The molecule has 1 heterocycles. The molecule has 0 aliphatic heterocycles. The highest BCUT2D eigenvalue weighted by molar-refractivity contribution is 5.95. The maximum absolute atomic E-state index is 11.9. The number of hydrogen-bond donors (Lipinski definition) is 1. The molecule has 0 fully saturated rings. The van der Waals surface area contributed by atoms with Gasteiger partial charge >= 0.3 is 0 Å². The Hall–Kier alpha value is -1.87. The van der Waals surface area contributed by atoms with Crippen LogP contribution in [0.2, 0.25) is 0 Å². The van der Waals surface area contributed by atoms with Crippen molar-refractivity contribution >= 4 is 5.91 Å². The number of aromatic nitrogens is 1. The number of hydrogen-bond acceptors (Lipinski definition) is 2. The van der Waals surface area contributed by atoms with E-state index in [1.54, 1.807) is 29.1 Å². The van der Waals surface area contributed by atoms with E-state index in [4.69, 9.17) is 5.73 Å². The molecule has 15 heavy (non-hydrogen) atoms. The van der Waals surface area contributed by atoms with Crippen LogP contribution in [0.5, 0.6) is 0 Å². The molecular formula is C12H12N2O. The molecule has 0 saturated carbocycles. The molecule has 1 aromatic carbocycles. The van der Waals surface area contributed by atoms with Crippen molar-refractivity contribution < 1.29 is 4.79 Å². The summed E-state index contributed by atoms with van der Waals surface area (Å²) in [6.07, 6.45) is 3.49. The Morgan fingerprint density at radius 3 is 2.53 bits per heavy atom. The van der Waals surface area contributed by atoms with E-state index in [1.807, 2.05) is 24.3 Å². The fourth-order valence-electron chi connectivity index (χ4n) is 1.42. The molecule has 0 aliphatic carbocycles. The zero-order chi connectivity index (χ0) is 10.7. The molecule has 0 unspecified atom stereocenters. The van der Waals surface area contributed by atoms with Crippen LogP contribution in [0.4, 0.5) is 0 Å². The molecule has 3 nitrogen and oxygen atoms in total. The van der Waals surface area contributed by atoms with Crippen LogP contribution in [0.15, 0.2) is 48.8 Å². The summed E-state index contributed by atoms with van der Waals surface area (Å²) >= 11 is 0. The van der Waals surface area contributed by atoms with Gasteiger partial charge in [0.25, 0.3) is 5.91 Å². The molecule has 2 N–H and O–H groups in total. The Morgan fingerprint density at radius 2 is 1.93 bits per heavy atom. The first-order chi connectivity index (χ1) is 7.31. The van der Waals surface area contributed by atoms with Gasteiger partial charge in [-0.3, -0.25) is 9.36 Å². The maximum Gasteiger partial charge on any atom is 0.261 e. The number of carbonyl (C=O) groups is 1. The highest BCUT2D eigenvalue weighted by Gasteiger charge is 2.06. The van der Waals surface area contributed by atoms with E-state index in [0.717, 1.165) is 5.56 Å². The van der Waals surface area contributed by atoms with E-state index in [1.165, 1.54) is 0 Å². The van der Waals surface area contributed by atoms with Gasteiger partial charge in [-0.05, 0) is 23.8 Å². The molecule has 1 aromatic heterocycles. The van der Waals surface area contributed by atoms with Crippen molar-refractivity contribution in [3.05, 3.63) is 59.9 Å². The summed E-state index contributed by atoms with van der Waals surface area (Å²) in [5.41, 5.74) is 7.11. The van der Waals surface area contributed by atoms with Crippen molar-refractivity contribution in [3.8, 4) is 0 Å². The highest BCUT2D eigenvalue weighted by atomic mass is 16.2. The lowest BCUT2D eigenvalue weighted by Gasteiger charge is -2.00. The van der Waals surface area contributed by atoms with Crippen LogP contribution in [0.3, 0.4) is 0 Å². The minimum atomic E-state index is -0.0321. The Morgan fingerprint density at radius 1 is 1.20 bits per heavy atom. The van der Waals surface area contributed by atoms with E-state index in [0.29, 0.717) is 12.1 Å². The van der Waals surface area contributed by atoms with Crippen LogP contribution in [0.25, 0.3) is 0 Å². The number of carbonyl (C=O) groups excluding carboxylic acids is 1. The summed E-state index contributed by atoms with van der Waals surface area (Å²) in [7, 11) is 0. The normalized spacial score (nSPS) is 10.2. The van der Waals surface area contributed by atoms with Crippen LogP contribution < -0.4 is 5.73 Å². The molecule has 0 saturated heterocycles. The van der Waals surface area contributed by atoms with Gasteiger partial charge in [0.2, 0.25) is 0 Å². The summed E-state index contributed by atoms with van der Waals surface area (Å²) < 4.78 is 1.55. The predicted molar refractivity (Wildman–Crippen MR) is 58.5 cm³/mol. The maximum atomic E-state index is 11.9. The van der Waals surface area contributed by atoms with Gasteiger partial charge in [0.15, 0.2) is 0 Å². The lowest BCUT2D eigenvalue weighted by Crippen LogP contribution is -2.09. The lowest BCUT2D eigenvalue weighted by atomic mass is 10.2. The van der Waals surface area contributed by atoms with Crippen molar-refractivity contribution in [2.45, 2.75) is 6.54 Å². The van der Waals surface area contributed by atoms with E-state index < -0.39 is 0 Å². The van der Waals surface area contributed by atoms with Gasteiger partial charge in [0.1, 0.15) is 0 Å². The molecular weight excluding hydrogens is 188 g/mol. The lowest BCUT2D eigenvalue weighted by molar-refractivity contribution is 0.0960. The van der Waals surface area contributed by atoms with Crippen LogP contribution >= 0.6 is 0 Å². The molecule has 0 radical (unpaired) electrons. The Kier molecular flexibility index (Phi) is 2.65. The van der Waals surface area contributed by atoms with Gasteiger partial charge < -0.3 is 5.73 Å². The minimum absolute atomic E-state index is 0.0321. The quantitative estimate of drug-likeness (QED) is 0.801. The fourth-order valence-corrected chi connectivity index (χ4v) is 1.42. The molecule has 0 spiro atoms. The van der Waals surface area contributed by atoms with E-state index >= 15 is 0 Å². The summed E-state index contributed by atoms with van der Waals surface area (Å²) in [5.74, 6) is -0.0321. The summed E-state index contributed by atoms with van der Waals surface area (Å²) in [5, 5.41) is 0. The van der Waals surface area contributed by atoms with Crippen molar-refractivity contribution in [1.29, 1.82) is 0 Å². The van der Waals surface area contributed by atoms with Crippen molar-refractivity contribution in [3.63, 3.8) is 0 Å². The Labute approximate surface area is 88.1 Å². The zero-order valence-corrected chi connectivity index (χ0v) is 8.26. The first kappa shape index (κ1) is 9.68. The van der Waals surface area contributed by atoms with Gasteiger partial charge in [0.05, 0.1) is 0 Å². The first-order valence-corrected chi connectivity index (χ1v) is 4.78.